The third-order valence-corrected chi connectivity index (χ3v) is 4.47. The molecule has 138 valence electrons. The van der Waals surface area contributed by atoms with Gasteiger partial charge in [-0.3, -0.25) is 4.79 Å². The van der Waals surface area contributed by atoms with Gasteiger partial charge in [0.15, 0.2) is 11.5 Å². The number of piperazine rings is 1. The Morgan fingerprint density at radius 1 is 1.04 bits per heavy atom. The van der Waals surface area contributed by atoms with Gasteiger partial charge < -0.3 is 19.3 Å². The minimum Gasteiger partial charge on any atom is -0.493 e. The van der Waals surface area contributed by atoms with E-state index in [4.69, 9.17) is 9.47 Å². The molecule has 0 N–H and O–H groups in total. The summed E-state index contributed by atoms with van der Waals surface area (Å²) in [6.45, 7) is 5.10. The molecule has 2 aromatic carbocycles. The second-order valence-electron chi connectivity index (χ2n) is 6.05. The van der Waals surface area contributed by atoms with Crippen molar-refractivity contribution >= 4 is 11.6 Å². The fraction of sp³-hybridized carbons (Fsp3) is 0.350. The lowest BCUT2D eigenvalue weighted by atomic mass is 10.1. The first-order valence-corrected chi connectivity index (χ1v) is 8.73. The minimum atomic E-state index is -0.244. The summed E-state index contributed by atoms with van der Waals surface area (Å²) >= 11 is 0. The summed E-state index contributed by atoms with van der Waals surface area (Å²) in [6.07, 6.45) is 0. The SMILES string of the molecule is CCOc1ccc(C(=O)N2CCN(c3ccc(F)cc3)CC2)cc1OC. The van der Waals surface area contributed by atoms with E-state index in [-0.39, 0.29) is 11.7 Å². The van der Waals surface area contributed by atoms with Crippen molar-refractivity contribution in [1.82, 2.24) is 4.90 Å². The van der Waals surface area contributed by atoms with Crippen molar-refractivity contribution in [3.63, 3.8) is 0 Å². The Labute approximate surface area is 152 Å². The number of hydrogen-bond acceptors (Lipinski definition) is 4. The van der Waals surface area contributed by atoms with Gasteiger partial charge in [0.2, 0.25) is 0 Å². The zero-order valence-electron chi connectivity index (χ0n) is 15.1. The molecule has 5 nitrogen and oxygen atoms in total. The molecule has 3 rings (SSSR count). The lowest BCUT2D eigenvalue weighted by molar-refractivity contribution is 0.0746. The van der Waals surface area contributed by atoms with E-state index < -0.39 is 0 Å². The smallest absolute Gasteiger partial charge is 0.254 e. The van der Waals surface area contributed by atoms with E-state index in [0.717, 1.165) is 5.69 Å². The maximum absolute atomic E-state index is 13.1. The highest BCUT2D eigenvalue weighted by molar-refractivity contribution is 5.95. The van der Waals surface area contributed by atoms with Gasteiger partial charge in [-0.2, -0.15) is 0 Å². The second kappa shape index (κ2) is 8.08. The van der Waals surface area contributed by atoms with Crippen LogP contribution in [0.3, 0.4) is 0 Å². The highest BCUT2D eigenvalue weighted by Crippen LogP contribution is 2.29. The van der Waals surface area contributed by atoms with Crippen molar-refractivity contribution in [1.29, 1.82) is 0 Å². The lowest BCUT2D eigenvalue weighted by Gasteiger charge is -2.36. The van der Waals surface area contributed by atoms with Gasteiger partial charge in [0.25, 0.3) is 5.91 Å². The number of methoxy groups -OCH3 is 1. The van der Waals surface area contributed by atoms with Crippen molar-refractivity contribution < 1.29 is 18.7 Å². The third-order valence-electron chi connectivity index (χ3n) is 4.47. The van der Waals surface area contributed by atoms with Gasteiger partial charge in [-0.05, 0) is 49.4 Å². The van der Waals surface area contributed by atoms with Gasteiger partial charge in [0.1, 0.15) is 5.82 Å². The van der Waals surface area contributed by atoms with Crippen LogP contribution >= 0.6 is 0 Å². The molecule has 1 saturated heterocycles. The summed E-state index contributed by atoms with van der Waals surface area (Å²) in [6, 6.07) is 11.7. The van der Waals surface area contributed by atoms with E-state index in [9.17, 15) is 9.18 Å². The summed E-state index contributed by atoms with van der Waals surface area (Å²) in [5.74, 6) is 0.924. The average molecular weight is 358 g/mol. The van der Waals surface area contributed by atoms with E-state index in [2.05, 4.69) is 4.90 Å². The number of amides is 1. The van der Waals surface area contributed by atoms with Crippen LogP contribution in [0.25, 0.3) is 0 Å². The van der Waals surface area contributed by atoms with Crippen molar-refractivity contribution in [2.45, 2.75) is 6.92 Å². The molecule has 0 spiro atoms. The summed E-state index contributed by atoms with van der Waals surface area (Å²) in [4.78, 5) is 16.8. The molecule has 0 saturated carbocycles. The van der Waals surface area contributed by atoms with Crippen molar-refractivity contribution in [2.75, 3.05) is 44.8 Å². The van der Waals surface area contributed by atoms with Crippen LogP contribution in [0.2, 0.25) is 0 Å². The Morgan fingerprint density at radius 3 is 2.35 bits per heavy atom. The molecule has 0 radical (unpaired) electrons. The molecular formula is C20H23FN2O3. The number of halogens is 1. The second-order valence-corrected chi connectivity index (χ2v) is 6.05. The predicted molar refractivity (Wildman–Crippen MR) is 98.7 cm³/mol. The molecule has 1 amide bonds. The Balaban J connectivity index is 1.65. The van der Waals surface area contributed by atoms with Crippen LogP contribution in [0.15, 0.2) is 42.5 Å². The summed E-state index contributed by atoms with van der Waals surface area (Å²) in [5, 5.41) is 0. The van der Waals surface area contributed by atoms with Gasteiger partial charge in [0.05, 0.1) is 13.7 Å². The molecule has 0 aromatic heterocycles. The fourth-order valence-electron chi connectivity index (χ4n) is 3.08. The van der Waals surface area contributed by atoms with Crippen LogP contribution in [0, 0.1) is 5.82 Å². The molecule has 26 heavy (non-hydrogen) atoms. The van der Waals surface area contributed by atoms with Gasteiger partial charge in [0, 0.05) is 37.4 Å². The summed E-state index contributed by atoms with van der Waals surface area (Å²) in [7, 11) is 1.56. The van der Waals surface area contributed by atoms with Gasteiger partial charge in [-0.15, -0.1) is 0 Å². The highest BCUT2D eigenvalue weighted by Gasteiger charge is 2.23. The number of nitrogens with zero attached hydrogens (tertiary/aromatic N) is 2. The number of ether oxygens (including phenoxy) is 2. The molecule has 0 atom stereocenters. The summed E-state index contributed by atoms with van der Waals surface area (Å²) < 4.78 is 23.9. The van der Waals surface area contributed by atoms with Gasteiger partial charge in [-0.25, -0.2) is 4.39 Å². The van der Waals surface area contributed by atoms with Crippen LogP contribution in [-0.4, -0.2) is 50.7 Å². The number of carbonyl (C=O) groups excluding carboxylic acids is 1. The van der Waals surface area contributed by atoms with E-state index in [0.29, 0.717) is 49.8 Å². The molecule has 0 aliphatic carbocycles. The van der Waals surface area contributed by atoms with Crippen LogP contribution < -0.4 is 14.4 Å². The monoisotopic (exact) mass is 358 g/mol. The first-order chi connectivity index (χ1) is 12.6. The first kappa shape index (κ1) is 18.0. The quantitative estimate of drug-likeness (QED) is 0.823. The van der Waals surface area contributed by atoms with Crippen molar-refractivity contribution in [3.8, 4) is 11.5 Å². The maximum Gasteiger partial charge on any atom is 0.254 e. The topological polar surface area (TPSA) is 42.0 Å². The van der Waals surface area contributed by atoms with E-state index in [1.807, 2.05) is 11.8 Å². The number of hydrogen-bond donors (Lipinski definition) is 0. The number of anilines is 1. The average Bonchev–Trinajstić information content (AvgIpc) is 2.69. The lowest BCUT2D eigenvalue weighted by Crippen LogP contribution is -2.48. The molecule has 1 aliphatic heterocycles. The van der Waals surface area contributed by atoms with Crippen LogP contribution in [0.4, 0.5) is 10.1 Å². The van der Waals surface area contributed by atoms with Crippen LogP contribution in [-0.2, 0) is 0 Å². The molecule has 0 unspecified atom stereocenters. The molecule has 1 fully saturated rings. The third kappa shape index (κ3) is 3.90. The molecular weight excluding hydrogens is 335 g/mol. The standard InChI is InChI=1S/C20H23FN2O3/c1-3-26-18-9-4-15(14-19(18)25-2)20(24)23-12-10-22(11-13-23)17-7-5-16(21)6-8-17/h4-9,14H,3,10-13H2,1-2H3. The Bertz CT molecular complexity index is 756. The predicted octanol–water partition coefficient (Wildman–Crippen LogP) is 3.20. The highest BCUT2D eigenvalue weighted by atomic mass is 19.1. The zero-order chi connectivity index (χ0) is 18.5. The first-order valence-electron chi connectivity index (χ1n) is 8.73. The molecule has 2 aromatic rings. The molecule has 1 aliphatic rings. The van der Waals surface area contributed by atoms with Gasteiger partial charge in [-0.1, -0.05) is 0 Å². The van der Waals surface area contributed by atoms with E-state index >= 15 is 0 Å². The van der Waals surface area contributed by atoms with Crippen LogP contribution in [0.1, 0.15) is 17.3 Å². The maximum atomic E-state index is 13.1. The Hall–Kier alpha value is -2.76. The molecule has 6 heteroatoms. The van der Waals surface area contributed by atoms with Gasteiger partial charge >= 0.3 is 0 Å². The number of rotatable bonds is 5. The summed E-state index contributed by atoms with van der Waals surface area (Å²) in [5.41, 5.74) is 1.56. The molecule has 0 bridgehead atoms. The Morgan fingerprint density at radius 2 is 1.73 bits per heavy atom. The van der Waals surface area contributed by atoms with Crippen molar-refractivity contribution in [3.05, 3.63) is 53.8 Å². The molecule has 1 heterocycles. The Kier molecular flexibility index (Phi) is 5.61. The fourth-order valence-corrected chi connectivity index (χ4v) is 3.08. The zero-order valence-corrected chi connectivity index (χ0v) is 15.1. The van der Waals surface area contributed by atoms with E-state index in [1.54, 1.807) is 37.4 Å². The largest absolute Gasteiger partial charge is 0.493 e. The van der Waals surface area contributed by atoms with Crippen molar-refractivity contribution in [2.24, 2.45) is 0 Å². The van der Waals surface area contributed by atoms with E-state index in [1.165, 1.54) is 12.1 Å². The normalized spacial score (nSPS) is 14.3. The number of carbonyl (C=O) groups is 1. The number of benzene rings is 2. The van der Waals surface area contributed by atoms with Crippen LogP contribution in [0.5, 0.6) is 11.5 Å². The minimum absolute atomic E-state index is 0.0231.